The first kappa shape index (κ1) is 29.9. The molecule has 1 aliphatic heterocycles. The van der Waals surface area contributed by atoms with Crippen LogP contribution in [0.5, 0.6) is 5.75 Å². The predicted molar refractivity (Wildman–Crippen MR) is 175 cm³/mol. The van der Waals surface area contributed by atoms with Crippen LogP contribution in [-0.4, -0.2) is 40.1 Å². The zero-order valence-electron chi connectivity index (χ0n) is 26.6. The van der Waals surface area contributed by atoms with Crippen LogP contribution >= 0.6 is 0 Å². The Kier molecular flexibility index (Phi) is 8.76. The molecule has 0 spiro atoms. The van der Waals surface area contributed by atoms with Crippen molar-refractivity contribution >= 4 is 22.9 Å². The molecule has 4 aromatic rings. The van der Waals surface area contributed by atoms with E-state index in [-0.39, 0.29) is 11.9 Å². The van der Waals surface area contributed by atoms with Gasteiger partial charge in [-0.2, -0.15) is 5.10 Å². The van der Waals surface area contributed by atoms with E-state index in [9.17, 15) is 4.79 Å². The maximum atomic E-state index is 13.8. The molecule has 1 unspecified atom stereocenters. The Morgan fingerprint density at radius 1 is 1.11 bits per heavy atom. The standard InChI is InChI=1S/C37H43N3O4/c1-6-43-37(41)36-32(25(3)19-22-44-31-16-12-14-27-13-8-7-9-15-28(27)31)29-18-17-24(2)33-34-26(4)39(5)38-30(34)23-42-21-11-10-20-40(36)35(29)33/h7-9,12,14-18,25H,6,10-11,13,19-23H2,1-5H3. The molecule has 2 aliphatic rings. The van der Waals surface area contributed by atoms with E-state index >= 15 is 0 Å². The number of carbonyl (C=O) groups excluding carboxylic acids is 1. The van der Waals surface area contributed by atoms with Crippen LogP contribution in [0.4, 0.5) is 0 Å². The smallest absolute Gasteiger partial charge is 0.355 e. The van der Waals surface area contributed by atoms with Gasteiger partial charge in [0.15, 0.2) is 0 Å². The van der Waals surface area contributed by atoms with E-state index in [1.807, 2.05) is 24.7 Å². The van der Waals surface area contributed by atoms with E-state index < -0.39 is 0 Å². The van der Waals surface area contributed by atoms with Gasteiger partial charge in [-0.25, -0.2) is 4.79 Å². The van der Waals surface area contributed by atoms with Gasteiger partial charge in [-0.3, -0.25) is 4.68 Å². The number of fused-ring (bicyclic) bond motifs is 3. The zero-order valence-corrected chi connectivity index (χ0v) is 26.6. The highest BCUT2D eigenvalue weighted by Crippen LogP contribution is 2.43. The first-order valence-corrected chi connectivity index (χ1v) is 15.9. The van der Waals surface area contributed by atoms with Crippen LogP contribution in [0.15, 0.2) is 48.6 Å². The van der Waals surface area contributed by atoms with E-state index in [1.165, 1.54) is 5.56 Å². The Morgan fingerprint density at radius 2 is 1.98 bits per heavy atom. The third-order valence-corrected chi connectivity index (χ3v) is 9.06. The Labute approximate surface area is 260 Å². The van der Waals surface area contributed by atoms with Crippen molar-refractivity contribution in [3.05, 3.63) is 87.9 Å². The molecular formula is C37H43N3O4. The fourth-order valence-corrected chi connectivity index (χ4v) is 6.78. The van der Waals surface area contributed by atoms with Gasteiger partial charge in [-0.05, 0) is 75.1 Å². The normalized spacial score (nSPS) is 15.3. The van der Waals surface area contributed by atoms with Gasteiger partial charge in [0.05, 0.1) is 31.0 Å². The number of carbonyl (C=O) groups is 1. The largest absolute Gasteiger partial charge is 0.493 e. The average molecular weight is 594 g/mol. The van der Waals surface area contributed by atoms with Crippen molar-refractivity contribution in [2.24, 2.45) is 7.05 Å². The molecule has 1 aliphatic carbocycles. The minimum Gasteiger partial charge on any atom is -0.493 e. The molecule has 0 bridgehead atoms. The fraction of sp³-hybridized carbons (Fsp3) is 0.405. The van der Waals surface area contributed by atoms with Crippen LogP contribution < -0.4 is 4.74 Å². The molecule has 6 rings (SSSR count). The average Bonchev–Trinajstić information content (AvgIpc) is 3.33. The van der Waals surface area contributed by atoms with Gasteiger partial charge in [0.25, 0.3) is 0 Å². The number of allylic oxidation sites excluding steroid dienone is 3. The summed E-state index contributed by atoms with van der Waals surface area (Å²) in [4.78, 5) is 13.8. The SMILES string of the molecule is CCOC(=O)c1c(C(C)CCOc2cccc3c2C=CC=CC3)c2ccc(C)c3c2n1CCCCOCc1nn(C)c(C)c1-3. The molecular weight excluding hydrogens is 550 g/mol. The number of aromatic nitrogens is 3. The Morgan fingerprint density at radius 3 is 2.82 bits per heavy atom. The molecule has 1 atom stereocenters. The van der Waals surface area contributed by atoms with Gasteiger partial charge in [0, 0.05) is 48.0 Å². The number of hydrogen-bond donors (Lipinski definition) is 0. The minimum atomic E-state index is -0.268. The number of hydrogen-bond acceptors (Lipinski definition) is 5. The van der Waals surface area contributed by atoms with Gasteiger partial charge in [0.2, 0.25) is 0 Å². The van der Waals surface area contributed by atoms with Crippen LogP contribution in [0.1, 0.15) is 83.2 Å². The second kappa shape index (κ2) is 12.9. The van der Waals surface area contributed by atoms with Gasteiger partial charge in [0.1, 0.15) is 11.4 Å². The number of esters is 1. The van der Waals surface area contributed by atoms with E-state index in [1.54, 1.807) is 0 Å². The van der Waals surface area contributed by atoms with Crippen molar-refractivity contribution in [2.45, 2.75) is 72.4 Å². The van der Waals surface area contributed by atoms with E-state index in [0.717, 1.165) is 81.5 Å². The summed E-state index contributed by atoms with van der Waals surface area (Å²) < 4.78 is 22.4. The second-order valence-corrected chi connectivity index (χ2v) is 11.9. The van der Waals surface area contributed by atoms with E-state index in [2.05, 4.69) is 73.9 Å². The summed E-state index contributed by atoms with van der Waals surface area (Å²) in [7, 11) is 1.98. The number of benzene rings is 2. The minimum absolute atomic E-state index is 0.0546. The maximum Gasteiger partial charge on any atom is 0.355 e. The third-order valence-electron chi connectivity index (χ3n) is 9.06. The van der Waals surface area contributed by atoms with Crippen LogP contribution in [0.3, 0.4) is 0 Å². The van der Waals surface area contributed by atoms with Gasteiger partial charge >= 0.3 is 5.97 Å². The van der Waals surface area contributed by atoms with Crippen LogP contribution in [0.2, 0.25) is 0 Å². The lowest BCUT2D eigenvalue weighted by Gasteiger charge is -2.17. The molecule has 0 radical (unpaired) electrons. The number of nitrogens with zero attached hydrogens (tertiary/aromatic N) is 3. The second-order valence-electron chi connectivity index (χ2n) is 11.9. The van der Waals surface area contributed by atoms with Gasteiger partial charge in [-0.15, -0.1) is 0 Å². The van der Waals surface area contributed by atoms with Gasteiger partial charge < -0.3 is 18.8 Å². The summed E-state index contributed by atoms with van der Waals surface area (Å²) in [6.07, 6.45) is 11.9. The van der Waals surface area contributed by atoms with Crippen LogP contribution in [-0.2, 0) is 36.1 Å². The van der Waals surface area contributed by atoms with Crippen molar-refractivity contribution in [3.8, 4) is 16.9 Å². The molecule has 7 heteroatoms. The number of rotatable bonds is 7. The van der Waals surface area contributed by atoms with Crippen molar-refractivity contribution < 1.29 is 19.0 Å². The number of ether oxygens (including phenoxy) is 3. The van der Waals surface area contributed by atoms with Crippen molar-refractivity contribution in [3.63, 3.8) is 0 Å². The lowest BCUT2D eigenvalue weighted by atomic mass is 9.91. The molecule has 7 nitrogen and oxygen atoms in total. The molecule has 0 fully saturated rings. The highest BCUT2D eigenvalue weighted by Gasteiger charge is 2.31. The summed E-state index contributed by atoms with van der Waals surface area (Å²) in [5.41, 5.74) is 10.6. The first-order valence-electron chi connectivity index (χ1n) is 15.9. The van der Waals surface area contributed by atoms with Crippen LogP contribution in [0.25, 0.3) is 28.1 Å². The summed E-state index contributed by atoms with van der Waals surface area (Å²) in [6, 6.07) is 10.6. The molecule has 3 heterocycles. The van der Waals surface area contributed by atoms with E-state index in [0.29, 0.717) is 38.7 Å². The fourth-order valence-electron chi connectivity index (χ4n) is 6.78. The summed E-state index contributed by atoms with van der Waals surface area (Å²) >= 11 is 0. The predicted octanol–water partition coefficient (Wildman–Crippen LogP) is 7.84. The third kappa shape index (κ3) is 5.50. The molecule has 0 saturated heterocycles. The highest BCUT2D eigenvalue weighted by atomic mass is 16.5. The molecule has 2 aromatic heterocycles. The first-order chi connectivity index (χ1) is 21.4. The van der Waals surface area contributed by atoms with Crippen molar-refractivity contribution in [1.29, 1.82) is 0 Å². The molecule has 0 saturated carbocycles. The highest BCUT2D eigenvalue weighted by molar-refractivity contribution is 6.06. The Balaban J connectivity index is 1.46. The molecule has 0 amide bonds. The Hall–Kier alpha value is -4.10. The summed E-state index contributed by atoms with van der Waals surface area (Å²) in [6.45, 7) is 11.0. The summed E-state index contributed by atoms with van der Waals surface area (Å²) in [5.74, 6) is 0.686. The van der Waals surface area contributed by atoms with Crippen LogP contribution in [0, 0.1) is 13.8 Å². The molecule has 0 N–H and O–H groups in total. The quantitative estimate of drug-likeness (QED) is 0.204. The maximum absolute atomic E-state index is 13.8. The molecule has 44 heavy (non-hydrogen) atoms. The zero-order chi connectivity index (χ0) is 30.8. The summed E-state index contributed by atoms with van der Waals surface area (Å²) in [5, 5.41) is 5.95. The van der Waals surface area contributed by atoms with Crippen molar-refractivity contribution in [2.75, 3.05) is 19.8 Å². The molecule has 2 aromatic carbocycles. The van der Waals surface area contributed by atoms with Crippen molar-refractivity contribution in [1.82, 2.24) is 14.3 Å². The Bertz CT molecular complexity index is 1760. The lowest BCUT2D eigenvalue weighted by molar-refractivity contribution is 0.0511. The monoisotopic (exact) mass is 593 g/mol. The number of aryl methyl sites for hydroxylation is 3. The molecule has 230 valence electrons. The van der Waals surface area contributed by atoms with Gasteiger partial charge in [-0.1, -0.05) is 55.5 Å². The lowest BCUT2D eigenvalue weighted by Crippen LogP contribution is -2.16. The topological polar surface area (TPSA) is 67.5 Å². The van der Waals surface area contributed by atoms with E-state index in [4.69, 9.17) is 19.3 Å².